The fourth-order valence-electron chi connectivity index (χ4n) is 1.70. The van der Waals surface area contributed by atoms with Gasteiger partial charge < -0.3 is 10.4 Å². The van der Waals surface area contributed by atoms with E-state index < -0.39 is 17.4 Å². The number of halogens is 1. The number of amides is 1. The van der Waals surface area contributed by atoms with Crippen LogP contribution in [0.4, 0.5) is 4.39 Å². The molecule has 0 spiro atoms. The molecule has 0 unspecified atom stereocenters. The van der Waals surface area contributed by atoms with Crippen LogP contribution in [0.5, 0.6) is 0 Å². The first kappa shape index (κ1) is 16.1. The summed E-state index contributed by atoms with van der Waals surface area (Å²) in [5.41, 5.74) is -0.757. The molecule has 2 aromatic rings. The molecule has 116 valence electrons. The molecule has 0 fully saturated rings. The Kier molecular flexibility index (Phi) is 4.56. The van der Waals surface area contributed by atoms with Gasteiger partial charge in [0.2, 0.25) is 0 Å². The quantitative estimate of drug-likeness (QED) is 0.886. The smallest absolute Gasteiger partial charge is 0.328 e. The number of thiazole rings is 1. The third kappa shape index (κ3) is 3.67. The topological polar surface area (TPSA) is 79.3 Å². The third-order valence-electron chi connectivity index (χ3n) is 3.04. The van der Waals surface area contributed by atoms with E-state index in [1.807, 2.05) is 0 Å². The molecule has 0 atom stereocenters. The minimum atomic E-state index is -1.38. The van der Waals surface area contributed by atoms with E-state index in [0.717, 1.165) is 0 Å². The molecule has 22 heavy (non-hydrogen) atoms. The van der Waals surface area contributed by atoms with Gasteiger partial charge in [-0.1, -0.05) is 18.2 Å². The molecule has 0 radical (unpaired) electrons. The molecule has 0 aliphatic heterocycles. The highest BCUT2D eigenvalue weighted by Gasteiger charge is 2.30. The van der Waals surface area contributed by atoms with Crippen molar-refractivity contribution in [2.24, 2.45) is 0 Å². The molecule has 1 amide bonds. The van der Waals surface area contributed by atoms with Crippen molar-refractivity contribution in [1.29, 1.82) is 0 Å². The van der Waals surface area contributed by atoms with Crippen LogP contribution in [0.1, 0.15) is 34.9 Å². The molecule has 5 nitrogen and oxygen atoms in total. The van der Waals surface area contributed by atoms with Crippen LogP contribution in [-0.4, -0.2) is 27.5 Å². The second kappa shape index (κ2) is 6.23. The average Bonchev–Trinajstić information content (AvgIpc) is 2.89. The molecule has 0 saturated carbocycles. The Bertz CT molecular complexity index is 712. The Morgan fingerprint density at radius 3 is 2.68 bits per heavy atom. The van der Waals surface area contributed by atoms with E-state index in [2.05, 4.69) is 10.3 Å². The first-order valence-corrected chi connectivity index (χ1v) is 7.41. The molecule has 2 rings (SSSR count). The minimum Gasteiger partial charge on any atom is -0.480 e. The number of hydrogen-bond acceptors (Lipinski definition) is 4. The van der Waals surface area contributed by atoms with E-state index in [1.165, 1.54) is 36.6 Å². The number of rotatable bonds is 5. The summed E-state index contributed by atoms with van der Waals surface area (Å²) in [5.74, 6) is -2.03. The number of aromatic nitrogens is 1. The monoisotopic (exact) mass is 322 g/mol. The minimum absolute atomic E-state index is 0.130. The average molecular weight is 322 g/mol. The summed E-state index contributed by atoms with van der Waals surface area (Å²) in [7, 11) is 0. The number of carbonyl (C=O) groups is 2. The standard InChI is InChI=1S/C15H15FN2O3S/c1-15(2,14(20)21)18-13(19)11-8-22-12(17-11)7-9-5-3-4-6-10(9)16/h3-6,8H,7H2,1-2H3,(H,18,19)(H,20,21). The van der Waals surface area contributed by atoms with Gasteiger partial charge in [-0.25, -0.2) is 14.2 Å². The first-order valence-electron chi connectivity index (χ1n) is 6.53. The molecule has 0 aliphatic carbocycles. The van der Waals surface area contributed by atoms with E-state index in [-0.39, 0.29) is 17.9 Å². The maximum Gasteiger partial charge on any atom is 0.328 e. The van der Waals surface area contributed by atoms with Gasteiger partial charge in [0, 0.05) is 11.8 Å². The highest BCUT2D eigenvalue weighted by atomic mass is 32.1. The summed E-state index contributed by atoms with van der Waals surface area (Å²) in [5, 5.41) is 13.5. The number of carboxylic acids is 1. The zero-order valence-corrected chi connectivity index (χ0v) is 12.9. The van der Waals surface area contributed by atoms with Crippen molar-refractivity contribution in [3.05, 3.63) is 51.7 Å². The lowest BCUT2D eigenvalue weighted by atomic mass is 10.1. The van der Waals surface area contributed by atoms with Crippen molar-refractivity contribution in [1.82, 2.24) is 10.3 Å². The maximum atomic E-state index is 13.6. The van der Waals surface area contributed by atoms with E-state index in [4.69, 9.17) is 5.11 Å². The van der Waals surface area contributed by atoms with Gasteiger partial charge >= 0.3 is 5.97 Å². The Morgan fingerprint density at radius 1 is 1.36 bits per heavy atom. The SMILES string of the molecule is CC(C)(NC(=O)c1csc(Cc2ccccc2F)n1)C(=O)O. The molecular weight excluding hydrogens is 307 g/mol. The number of carboxylic acid groups (broad SMARTS) is 1. The zero-order valence-electron chi connectivity index (χ0n) is 12.1. The molecule has 1 aromatic heterocycles. The van der Waals surface area contributed by atoms with Crippen LogP contribution in [0.3, 0.4) is 0 Å². The fraction of sp³-hybridized carbons (Fsp3) is 0.267. The first-order chi connectivity index (χ1) is 10.3. The van der Waals surface area contributed by atoms with Gasteiger partial charge in [-0.3, -0.25) is 4.79 Å². The van der Waals surface area contributed by atoms with Crippen LogP contribution in [0.25, 0.3) is 0 Å². The summed E-state index contributed by atoms with van der Waals surface area (Å²) in [4.78, 5) is 27.1. The van der Waals surface area contributed by atoms with E-state index >= 15 is 0 Å². The predicted molar refractivity (Wildman–Crippen MR) is 80.5 cm³/mol. The number of benzene rings is 1. The Morgan fingerprint density at radius 2 is 2.05 bits per heavy atom. The van der Waals surface area contributed by atoms with Crippen molar-refractivity contribution in [2.75, 3.05) is 0 Å². The van der Waals surface area contributed by atoms with Crippen LogP contribution in [-0.2, 0) is 11.2 Å². The van der Waals surface area contributed by atoms with E-state index in [9.17, 15) is 14.0 Å². The largest absolute Gasteiger partial charge is 0.480 e. The summed E-state index contributed by atoms with van der Waals surface area (Å²) >= 11 is 1.23. The fourth-order valence-corrected chi connectivity index (χ4v) is 2.50. The third-order valence-corrected chi connectivity index (χ3v) is 3.89. The lowest BCUT2D eigenvalue weighted by Crippen LogP contribution is -2.49. The number of nitrogens with zero attached hydrogens (tertiary/aromatic N) is 1. The van der Waals surface area contributed by atoms with Crippen LogP contribution < -0.4 is 5.32 Å². The second-order valence-electron chi connectivity index (χ2n) is 5.28. The van der Waals surface area contributed by atoms with E-state index in [0.29, 0.717) is 10.6 Å². The number of carbonyl (C=O) groups excluding carboxylic acids is 1. The number of aliphatic carboxylic acids is 1. The van der Waals surface area contributed by atoms with Crippen molar-refractivity contribution < 1.29 is 19.1 Å². The lowest BCUT2D eigenvalue weighted by molar-refractivity contribution is -0.143. The van der Waals surface area contributed by atoms with Gasteiger partial charge in [0.15, 0.2) is 0 Å². The van der Waals surface area contributed by atoms with Crippen LogP contribution in [0, 0.1) is 5.82 Å². The highest BCUT2D eigenvalue weighted by molar-refractivity contribution is 7.09. The molecule has 2 N–H and O–H groups in total. The zero-order chi connectivity index (χ0) is 16.3. The van der Waals surface area contributed by atoms with Crippen molar-refractivity contribution in [3.63, 3.8) is 0 Å². The predicted octanol–water partition coefficient (Wildman–Crippen LogP) is 2.47. The highest BCUT2D eigenvalue weighted by Crippen LogP contribution is 2.17. The summed E-state index contributed by atoms with van der Waals surface area (Å²) in [6.07, 6.45) is 0.285. The number of hydrogen-bond donors (Lipinski definition) is 2. The molecule has 0 saturated heterocycles. The number of nitrogens with one attached hydrogen (secondary N) is 1. The molecule has 1 heterocycles. The second-order valence-corrected chi connectivity index (χ2v) is 6.22. The van der Waals surface area contributed by atoms with Gasteiger partial charge in [0.05, 0.1) is 5.01 Å². The van der Waals surface area contributed by atoms with E-state index in [1.54, 1.807) is 18.2 Å². The van der Waals surface area contributed by atoms with Gasteiger partial charge in [-0.2, -0.15) is 0 Å². The van der Waals surface area contributed by atoms with Crippen LogP contribution in [0.15, 0.2) is 29.6 Å². The molecule has 0 aliphatic rings. The Balaban J connectivity index is 2.10. The molecular formula is C15H15FN2O3S. The van der Waals surface area contributed by atoms with Gasteiger partial charge in [0.1, 0.15) is 17.1 Å². The summed E-state index contributed by atoms with van der Waals surface area (Å²) in [6.45, 7) is 2.78. The lowest BCUT2D eigenvalue weighted by Gasteiger charge is -2.20. The van der Waals surface area contributed by atoms with Crippen LogP contribution in [0.2, 0.25) is 0 Å². The van der Waals surface area contributed by atoms with Crippen molar-refractivity contribution in [3.8, 4) is 0 Å². The Labute approximate surface area is 130 Å². The van der Waals surface area contributed by atoms with Gasteiger partial charge in [-0.05, 0) is 25.5 Å². The molecule has 7 heteroatoms. The summed E-state index contributed by atoms with van der Waals surface area (Å²) < 4.78 is 13.6. The van der Waals surface area contributed by atoms with Crippen molar-refractivity contribution >= 4 is 23.2 Å². The van der Waals surface area contributed by atoms with Gasteiger partial charge in [-0.15, -0.1) is 11.3 Å². The molecule has 0 bridgehead atoms. The van der Waals surface area contributed by atoms with Gasteiger partial charge in [0.25, 0.3) is 5.91 Å². The molecule has 1 aromatic carbocycles. The summed E-state index contributed by atoms with van der Waals surface area (Å²) in [6, 6.07) is 6.36. The van der Waals surface area contributed by atoms with Crippen LogP contribution >= 0.6 is 11.3 Å². The Hall–Kier alpha value is -2.28. The maximum absolute atomic E-state index is 13.6. The normalized spacial score (nSPS) is 11.2. The van der Waals surface area contributed by atoms with Crippen molar-refractivity contribution in [2.45, 2.75) is 25.8 Å².